The predicted molar refractivity (Wildman–Crippen MR) is 70.6 cm³/mol. The van der Waals surface area contributed by atoms with Crippen molar-refractivity contribution in [3.8, 4) is 0 Å². The molecular weight excluding hydrogens is 233 g/mol. The molecule has 0 aliphatic heterocycles. The van der Waals surface area contributed by atoms with E-state index in [4.69, 9.17) is 18.4 Å². The number of rotatable bonds is 7. The van der Waals surface area contributed by atoms with Crippen molar-refractivity contribution in [2.75, 3.05) is 0 Å². The molecule has 0 amide bonds. The Labute approximate surface area is 109 Å². The third-order valence-electron chi connectivity index (χ3n) is 2.11. The summed E-state index contributed by atoms with van der Waals surface area (Å²) >= 11 is 0. The van der Waals surface area contributed by atoms with Crippen molar-refractivity contribution in [3.05, 3.63) is 12.5 Å². The van der Waals surface area contributed by atoms with Crippen LogP contribution in [0.25, 0.3) is 0 Å². The lowest BCUT2D eigenvalue weighted by atomic mass is 9.76. The fourth-order valence-corrected chi connectivity index (χ4v) is 1.75. The molecule has 1 heterocycles. The van der Waals surface area contributed by atoms with Crippen LogP contribution in [0.4, 0.5) is 0 Å². The zero-order valence-corrected chi connectivity index (χ0v) is 12.0. The molecule has 0 fully saturated rings. The topological polar surface area (TPSA) is 53.7 Å². The highest BCUT2D eigenvalue weighted by Crippen LogP contribution is 2.17. The molecule has 0 unspecified atom stereocenters. The molecule has 0 aliphatic rings. The summed E-state index contributed by atoms with van der Waals surface area (Å²) in [5, 5.41) is 0. The maximum absolute atomic E-state index is 5.87. The minimum atomic E-state index is -2.15. The van der Waals surface area contributed by atoms with Gasteiger partial charge < -0.3 is 18.4 Å². The standard InChI is InChI=1S/C12H23BNO4/c1-9(2)16-13(17-10(3)4,18-11(5)6)12-14-7-8-15-12/h7-11H,1-6H3/q-1. The number of hydrogen-bond acceptors (Lipinski definition) is 5. The average Bonchev–Trinajstić information content (AvgIpc) is 2.65. The zero-order chi connectivity index (χ0) is 13.8. The molecule has 0 bridgehead atoms. The minimum Gasteiger partial charge on any atom is -0.536 e. The Morgan fingerprint density at radius 3 is 1.67 bits per heavy atom. The van der Waals surface area contributed by atoms with Crippen molar-refractivity contribution in [1.82, 2.24) is 4.98 Å². The van der Waals surface area contributed by atoms with Crippen LogP contribution in [0.15, 0.2) is 16.9 Å². The molecule has 0 atom stereocenters. The van der Waals surface area contributed by atoms with E-state index in [0.717, 1.165) is 0 Å². The maximum Gasteiger partial charge on any atom is 0.464 e. The molecular formula is C12H23BNO4-. The molecule has 0 spiro atoms. The van der Waals surface area contributed by atoms with E-state index in [2.05, 4.69) is 4.98 Å². The summed E-state index contributed by atoms with van der Waals surface area (Å²) in [6.07, 6.45) is 2.87. The van der Waals surface area contributed by atoms with E-state index >= 15 is 0 Å². The van der Waals surface area contributed by atoms with Gasteiger partial charge in [-0.05, 0) is 41.5 Å². The van der Waals surface area contributed by atoms with Gasteiger partial charge in [0.1, 0.15) is 12.1 Å². The summed E-state index contributed by atoms with van der Waals surface area (Å²) in [5.74, 6) is 0.339. The predicted octanol–water partition coefficient (Wildman–Crippen LogP) is 2.10. The third kappa shape index (κ3) is 4.12. The van der Waals surface area contributed by atoms with Crippen LogP contribution >= 0.6 is 0 Å². The maximum atomic E-state index is 5.87. The smallest absolute Gasteiger partial charge is 0.464 e. The zero-order valence-electron chi connectivity index (χ0n) is 12.0. The molecule has 1 aromatic heterocycles. The second-order valence-corrected chi connectivity index (χ2v) is 5.07. The van der Waals surface area contributed by atoms with Crippen LogP contribution in [0.2, 0.25) is 0 Å². The van der Waals surface area contributed by atoms with Crippen LogP contribution in [0.5, 0.6) is 0 Å². The van der Waals surface area contributed by atoms with Gasteiger partial charge in [0.2, 0.25) is 0 Å². The Hall–Kier alpha value is -0.845. The fraction of sp³-hybridized carbons (Fsp3) is 0.750. The molecule has 6 heteroatoms. The van der Waals surface area contributed by atoms with Crippen LogP contribution in [0.1, 0.15) is 41.5 Å². The van der Waals surface area contributed by atoms with Gasteiger partial charge in [-0.2, -0.15) is 0 Å². The van der Waals surface area contributed by atoms with Crippen molar-refractivity contribution in [2.45, 2.75) is 59.9 Å². The van der Waals surface area contributed by atoms with Crippen LogP contribution < -0.4 is 5.79 Å². The molecule has 0 N–H and O–H groups in total. The molecule has 0 aromatic carbocycles. The molecule has 104 valence electrons. The Morgan fingerprint density at radius 1 is 0.944 bits per heavy atom. The third-order valence-corrected chi connectivity index (χ3v) is 2.11. The molecule has 0 saturated carbocycles. The highest BCUT2D eigenvalue weighted by atomic mass is 16.8. The van der Waals surface area contributed by atoms with E-state index in [1.807, 2.05) is 41.5 Å². The first-order valence-electron chi connectivity index (χ1n) is 6.42. The summed E-state index contributed by atoms with van der Waals surface area (Å²) in [5.41, 5.74) is 0. The van der Waals surface area contributed by atoms with Gasteiger partial charge in [0.15, 0.2) is 0 Å². The first-order chi connectivity index (χ1) is 8.35. The Balaban J connectivity index is 3.07. The molecule has 18 heavy (non-hydrogen) atoms. The Morgan fingerprint density at radius 2 is 1.39 bits per heavy atom. The average molecular weight is 256 g/mol. The first-order valence-corrected chi connectivity index (χ1v) is 6.42. The number of nitrogens with zero attached hydrogens (tertiary/aromatic N) is 1. The lowest BCUT2D eigenvalue weighted by Gasteiger charge is -2.43. The van der Waals surface area contributed by atoms with E-state index < -0.39 is 6.75 Å². The largest absolute Gasteiger partial charge is 0.536 e. The lowest BCUT2D eigenvalue weighted by Crippen LogP contribution is -2.60. The van der Waals surface area contributed by atoms with E-state index in [1.54, 1.807) is 6.20 Å². The molecule has 1 aromatic rings. The SMILES string of the molecule is CC(C)O[B-](OC(C)C)(OC(C)C)c1ncco1. The van der Waals surface area contributed by atoms with Gasteiger partial charge >= 0.3 is 6.75 Å². The van der Waals surface area contributed by atoms with Gasteiger partial charge in [0.25, 0.3) is 0 Å². The van der Waals surface area contributed by atoms with Crippen LogP contribution in [-0.2, 0) is 14.0 Å². The van der Waals surface area contributed by atoms with Crippen molar-refractivity contribution in [1.29, 1.82) is 0 Å². The Kier molecular flexibility index (Phi) is 5.37. The summed E-state index contributed by atoms with van der Waals surface area (Å²) in [6.45, 7) is 9.39. The van der Waals surface area contributed by atoms with Crippen molar-refractivity contribution in [3.63, 3.8) is 0 Å². The van der Waals surface area contributed by atoms with E-state index in [0.29, 0.717) is 5.79 Å². The van der Waals surface area contributed by atoms with Crippen LogP contribution in [0, 0.1) is 0 Å². The molecule has 5 nitrogen and oxygen atoms in total. The molecule has 0 saturated heterocycles. The second-order valence-electron chi connectivity index (χ2n) is 5.07. The van der Waals surface area contributed by atoms with E-state index in [-0.39, 0.29) is 18.3 Å². The minimum absolute atomic E-state index is 0.0607. The molecule has 0 radical (unpaired) electrons. The van der Waals surface area contributed by atoms with Gasteiger partial charge in [0.05, 0.1) is 6.20 Å². The monoisotopic (exact) mass is 256 g/mol. The summed E-state index contributed by atoms with van der Waals surface area (Å²) in [4.78, 5) is 4.13. The Bertz CT molecular complexity index is 311. The number of hydrogen-bond donors (Lipinski definition) is 0. The van der Waals surface area contributed by atoms with Gasteiger partial charge in [-0.3, -0.25) is 4.98 Å². The number of oxazole rings is 1. The van der Waals surface area contributed by atoms with E-state index in [9.17, 15) is 0 Å². The van der Waals surface area contributed by atoms with Gasteiger partial charge in [-0.25, -0.2) is 0 Å². The van der Waals surface area contributed by atoms with Gasteiger partial charge in [-0.1, -0.05) is 0 Å². The van der Waals surface area contributed by atoms with Crippen molar-refractivity contribution in [2.24, 2.45) is 0 Å². The molecule has 1 rings (SSSR count). The van der Waals surface area contributed by atoms with Gasteiger partial charge in [-0.15, -0.1) is 0 Å². The summed E-state index contributed by atoms with van der Waals surface area (Å²) in [7, 11) is 0. The highest BCUT2D eigenvalue weighted by molar-refractivity contribution is 6.73. The normalized spacial score (nSPS) is 12.9. The lowest BCUT2D eigenvalue weighted by molar-refractivity contribution is 0.0111. The van der Waals surface area contributed by atoms with Gasteiger partial charge in [0, 0.05) is 18.3 Å². The van der Waals surface area contributed by atoms with Crippen LogP contribution in [-0.4, -0.2) is 30.1 Å². The second kappa shape index (κ2) is 6.36. The molecule has 0 aliphatic carbocycles. The van der Waals surface area contributed by atoms with Crippen LogP contribution in [0.3, 0.4) is 0 Å². The van der Waals surface area contributed by atoms with E-state index in [1.165, 1.54) is 6.26 Å². The fourth-order valence-electron chi connectivity index (χ4n) is 1.75. The summed E-state index contributed by atoms with van der Waals surface area (Å²) in [6, 6.07) is 0. The highest BCUT2D eigenvalue weighted by Gasteiger charge is 2.39. The quantitative estimate of drug-likeness (QED) is 0.699. The number of aromatic nitrogens is 1. The van der Waals surface area contributed by atoms with Crippen molar-refractivity contribution < 1.29 is 18.4 Å². The first kappa shape index (κ1) is 15.2. The van der Waals surface area contributed by atoms with Crippen molar-refractivity contribution >= 4 is 12.5 Å². The summed E-state index contributed by atoms with van der Waals surface area (Å²) < 4.78 is 22.9.